The van der Waals surface area contributed by atoms with Crippen molar-refractivity contribution in [2.75, 3.05) is 6.61 Å². The van der Waals surface area contributed by atoms with E-state index in [9.17, 15) is 4.79 Å². The molecule has 4 nitrogen and oxygen atoms in total. The van der Waals surface area contributed by atoms with Crippen LogP contribution in [0, 0.1) is 0 Å². The molecule has 1 aromatic rings. The first-order chi connectivity index (χ1) is 7.42. The van der Waals surface area contributed by atoms with Crippen molar-refractivity contribution in [2.24, 2.45) is 5.73 Å². The molecular formula is C12H18N2O2. The first kappa shape index (κ1) is 12.6. The average molecular weight is 222 g/mol. The van der Waals surface area contributed by atoms with Crippen LogP contribution in [0.2, 0.25) is 0 Å². The minimum Gasteiger partial charge on any atom is -0.492 e. The first-order valence-corrected chi connectivity index (χ1v) is 5.32. The van der Waals surface area contributed by atoms with Crippen molar-refractivity contribution in [1.82, 2.24) is 4.98 Å². The van der Waals surface area contributed by atoms with Gasteiger partial charge >= 0.3 is 0 Å². The standard InChI is InChI=1S/C12H18N2O2/c1-4-16-10-5-9(7-14-8-10)11(15)6-12(2,3)13/h5,7-8H,4,6,13H2,1-3H3. The Morgan fingerprint density at radius 3 is 2.75 bits per heavy atom. The third-order valence-electron chi connectivity index (χ3n) is 1.96. The van der Waals surface area contributed by atoms with E-state index >= 15 is 0 Å². The molecule has 0 unspecified atom stereocenters. The number of carbonyl (C=O) groups is 1. The van der Waals surface area contributed by atoms with Crippen molar-refractivity contribution < 1.29 is 9.53 Å². The van der Waals surface area contributed by atoms with E-state index in [-0.39, 0.29) is 5.78 Å². The van der Waals surface area contributed by atoms with E-state index in [1.165, 1.54) is 6.20 Å². The van der Waals surface area contributed by atoms with E-state index in [0.29, 0.717) is 24.3 Å². The molecule has 0 radical (unpaired) electrons. The first-order valence-electron chi connectivity index (χ1n) is 5.32. The lowest BCUT2D eigenvalue weighted by Gasteiger charge is -2.17. The van der Waals surface area contributed by atoms with Crippen LogP contribution in [-0.2, 0) is 0 Å². The normalized spacial score (nSPS) is 11.2. The summed E-state index contributed by atoms with van der Waals surface area (Å²) in [6.07, 6.45) is 3.43. The monoisotopic (exact) mass is 222 g/mol. The number of carbonyl (C=O) groups excluding carboxylic acids is 1. The molecule has 88 valence electrons. The summed E-state index contributed by atoms with van der Waals surface area (Å²) < 4.78 is 5.28. The van der Waals surface area contributed by atoms with Crippen LogP contribution < -0.4 is 10.5 Å². The molecule has 1 heterocycles. The second-order valence-corrected chi connectivity index (χ2v) is 4.43. The van der Waals surface area contributed by atoms with Crippen molar-refractivity contribution in [2.45, 2.75) is 32.7 Å². The highest BCUT2D eigenvalue weighted by molar-refractivity contribution is 5.96. The van der Waals surface area contributed by atoms with E-state index in [1.807, 2.05) is 20.8 Å². The molecule has 0 fully saturated rings. The highest BCUT2D eigenvalue weighted by atomic mass is 16.5. The van der Waals surface area contributed by atoms with Crippen LogP contribution in [0.25, 0.3) is 0 Å². The number of nitrogens with two attached hydrogens (primary N) is 1. The minimum absolute atomic E-state index is 0.0125. The van der Waals surface area contributed by atoms with E-state index in [2.05, 4.69) is 4.98 Å². The molecule has 0 amide bonds. The van der Waals surface area contributed by atoms with Gasteiger partial charge in [0.15, 0.2) is 5.78 Å². The molecule has 0 spiro atoms. The van der Waals surface area contributed by atoms with Crippen molar-refractivity contribution >= 4 is 5.78 Å². The molecule has 0 bridgehead atoms. The zero-order valence-corrected chi connectivity index (χ0v) is 9.99. The summed E-state index contributed by atoms with van der Waals surface area (Å²) in [5, 5.41) is 0. The molecule has 4 heteroatoms. The summed E-state index contributed by atoms with van der Waals surface area (Å²) in [5.74, 6) is 0.602. The van der Waals surface area contributed by atoms with Gasteiger partial charge < -0.3 is 10.5 Å². The van der Waals surface area contributed by atoms with Gasteiger partial charge in [-0.25, -0.2) is 0 Å². The number of Topliss-reactive ketones (excluding diaryl/α,β-unsaturated/α-hetero) is 1. The molecule has 16 heavy (non-hydrogen) atoms. The summed E-state index contributed by atoms with van der Waals surface area (Å²) in [6, 6.07) is 1.70. The van der Waals surface area contributed by atoms with Gasteiger partial charge in [-0.05, 0) is 26.8 Å². The summed E-state index contributed by atoms with van der Waals surface area (Å²) >= 11 is 0. The Kier molecular flexibility index (Phi) is 4.01. The fourth-order valence-electron chi connectivity index (χ4n) is 1.33. The smallest absolute Gasteiger partial charge is 0.166 e. The van der Waals surface area contributed by atoms with Gasteiger partial charge in [0.1, 0.15) is 5.75 Å². The van der Waals surface area contributed by atoms with E-state index in [0.717, 1.165) is 0 Å². The van der Waals surface area contributed by atoms with E-state index in [1.54, 1.807) is 12.3 Å². The molecule has 0 aromatic carbocycles. The summed E-state index contributed by atoms with van der Waals surface area (Å²) in [7, 11) is 0. The molecule has 1 rings (SSSR count). The van der Waals surface area contributed by atoms with Crippen molar-refractivity contribution in [3.05, 3.63) is 24.0 Å². The fourth-order valence-corrected chi connectivity index (χ4v) is 1.33. The van der Waals surface area contributed by atoms with Crippen molar-refractivity contribution in [3.63, 3.8) is 0 Å². The van der Waals surface area contributed by atoms with E-state index in [4.69, 9.17) is 10.5 Å². The van der Waals surface area contributed by atoms with Gasteiger partial charge in [0.05, 0.1) is 12.8 Å². The highest BCUT2D eigenvalue weighted by Gasteiger charge is 2.18. The maximum absolute atomic E-state index is 11.8. The molecule has 0 aliphatic carbocycles. The van der Waals surface area contributed by atoms with Gasteiger partial charge in [0.25, 0.3) is 0 Å². The van der Waals surface area contributed by atoms with Crippen molar-refractivity contribution in [1.29, 1.82) is 0 Å². The third kappa shape index (κ3) is 3.98. The molecule has 1 aromatic heterocycles. The van der Waals surface area contributed by atoms with Gasteiger partial charge in [-0.1, -0.05) is 0 Å². The van der Waals surface area contributed by atoms with Crippen LogP contribution in [-0.4, -0.2) is 22.9 Å². The number of ether oxygens (including phenoxy) is 1. The second-order valence-electron chi connectivity index (χ2n) is 4.43. The molecule has 2 N–H and O–H groups in total. The Morgan fingerprint density at radius 2 is 2.19 bits per heavy atom. The number of hydrogen-bond acceptors (Lipinski definition) is 4. The Balaban J connectivity index is 2.79. The number of pyridine rings is 1. The third-order valence-corrected chi connectivity index (χ3v) is 1.96. The molecular weight excluding hydrogens is 204 g/mol. The lowest BCUT2D eigenvalue weighted by Crippen LogP contribution is -2.34. The quantitative estimate of drug-likeness (QED) is 0.771. The highest BCUT2D eigenvalue weighted by Crippen LogP contribution is 2.15. The molecule has 0 aliphatic rings. The minimum atomic E-state index is -0.501. The number of aromatic nitrogens is 1. The van der Waals surface area contributed by atoms with Gasteiger partial charge in [-0.3, -0.25) is 9.78 Å². The van der Waals surface area contributed by atoms with Gasteiger partial charge in [0.2, 0.25) is 0 Å². The predicted molar refractivity (Wildman–Crippen MR) is 62.6 cm³/mol. The van der Waals surface area contributed by atoms with Crippen LogP contribution in [0.3, 0.4) is 0 Å². The van der Waals surface area contributed by atoms with Crippen LogP contribution in [0.1, 0.15) is 37.6 Å². The number of nitrogens with zero attached hydrogens (tertiary/aromatic N) is 1. The number of rotatable bonds is 5. The summed E-state index contributed by atoms with van der Waals surface area (Å²) in [4.78, 5) is 15.8. The van der Waals surface area contributed by atoms with Gasteiger partial charge in [0, 0.05) is 23.7 Å². The number of ketones is 1. The lowest BCUT2D eigenvalue weighted by atomic mass is 9.96. The van der Waals surface area contributed by atoms with Crippen LogP contribution in [0.4, 0.5) is 0 Å². The second kappa shape index (κ2) is 5.07. The Hall–Kier alpha value is -1.42. The van der Waals surface area contributed by atoms with Crippen LogP contribution in [0.15, 0.2) is 18.5 Å². The predicted octanol–water partition coefficient (Wildman–Crippen LogP) is 1.79. The summed E-state index contributed by atoms with van der Waals surface area (Å²) in [5.41, 5.74) is 5.84. The van der Waals surface area contributed by atoms with Crippen molar-refractivity contribution in [3.8, 4) is 5.75 Å². The zero-order chi connectivity index (χ0) is 12.2. The molecule has 0 saturated heterocycles. The largest absolute Gasteiger partial charge is 0.492 e. The topological polar surface area (TPSA) is 65.2 Å². The van der Waals surface area contributed by atoms with Gasteiger partial charge in [-0.2, -0.15) is 0 Å². The molecule has 0 atom stereocenters. The van der Waals surface area contributed by atoms with Gasteiger partial charge in [-0.15, -0.1) is 0 Å². The Bertz CT molecular complexity index is 370. The summed E-state index contributed by atoms with van der Waals surface area (Å²) in [6.45, 7) is 6.09. The van der Waals surface area contributed by atoms with Crippen LogP contribution >= 0.6 is 0 Å². The maximum atomic E-state index is 11.8. The average Bonchev–Trinajstić information content (AvgIpc) is 2.16. The Labute approximate surface area is 95.8 Å². The zero-order valence-electron chi connectivity index (χ0n) is 9.99. The fraction of sp³-hybridized carbons (Fsp3) is 0.500. The molecule has 0 aliphatic heterocycles. The molecule has 0 saturated carbocycles. The SMILES string of the molecule is CCOc1cncc(C(=O)CC(C)(C)N)c1. The Morgan fingerprint density at radius 1 is 1.50 bits per heavy atom. The van der Waals surface area contributed by atoms with E-state index < -0.39 is 5.54 Å². The maximum Gasteiger partial charge on any atom is 0.166 e. The number of hydrogen-bond donors (Lipinski definition) is 1. The van der Waals surface area contributed by atoms with Crippen LogP contribution in [0.5, 0.6) is 5.75 Å². The lowest BCUT2D eigenvalue weighted by molar-refractivity contribution is 0.0959.